The SMILES string of the molecule is C=CC(=O)Cl.C=CC(=O)Cl.C=CC(=O)Cl.C=CC(=O)NCCN(C)C.C=CC(=O)NCCN(C)C.C=CC(=O)NCCN(C)C.C=CC(=O)NCC[N+](C)(C)CC(=O)[O-].C=CC(=O)NCC[N+](C)(C)CCCCS(=O)(=O)[O-].C=CC(=O)NCC[N+](C)(C)CCCS(=O)(=O)[O-].CN(C)CCN.CN(C)CCN.CN(C)CCN.O=C(O)CBr.O=S1(=O)CCCCO1.O=S1(=O)CCCO1. The van der Waals surface area contributed by atoms with E-state index >= 15 is 0 Å². The standard InChI is InChI=1S/C11H22N2O4S.C10H20N2O4S.C9H16N2O3.3C7H14N2O.3C4H12N2.C4H8O3S.3C3H3ClO.C3H6O3S.C2H3BrO2/c1-4-11(14)12-7-9-13(2,3)8-5-6-10-18(15,16)17;1-4-10(13)11-6-8-12(2,3)7-5-9-17(14,15)16;1-4-8(12)10-5-6-11(2,3)7-9(13)14;3*1-4-7(10)8-5-6-9(2)3;3*1-6(2)4-3-5;5-8(6)4-2-1-3-7-8;3*1-2-3(4)5;4-7(5)3-1-2-6-7;3-1-2(4)5/h4H,1,5-10H2,2-3H3,(H-,12,14,15,16,17);4H,1,5-9H2,2-3H3,(H-,11,13,14,15,16);4H,1,5-7H2,2-3H3,(H-,10,12,13,14);3*4H,1,5-6H2,2-3H3,(H,8,10);3*3-5H2,1-2H3;1-4H2;3*2H,1H2;1-3H2;1H2,(H,4,5). The van der Waals surface area contributed by atoms with Gasteiger partial charge >= 0.3 is 5.97 Å². The van der Waals surface area contributed by atoms with Crippen molar-refractivity contribution in [1.82, 2.24) is 61.3 Å². The number of likely N-dealkylation sites (N-methyl/N-ethyl adjacent to an activating group) is 9. The first kappa shape index (κ1) is 153. The second-order valence-electron chi connectivity index (χ2n) is 30.0. The summed E-state index contributed by atoms with van der Waals surface area (Å²) < 4.78 is 114. The minimum Gasteiger partial charge on any atom is -0.748 e. The maximum absolute atomic E-state index is 10.9. The van der Waals surface area contributed by atoms with Crippen LogP contribution in [-0.2, 0) is 102 Å². The maximum atomic E-state index is 10.9. The molecule has 0 aromatic rings. The van der Waals surface area contributed by atoms with Crippen LogP contribution in [-0.4, -0.2) is 460 Å². The lowest BCUT2D eigenvalue weighted by Crippen LogP contribution is -2.51. The van der Waals surface area contributed by atoms with Crippen molar-refractivity contribution in [2.75, 3.05) is 306 Å². The van der Waals surface area contributed by atoms with Crippen LogP contribution < -0.4 is 54.2 Å². The summed E-state index contributed by atoms with van der Waals surface area (Å²) in [6.07, 6.45) is 14.2. The molecule has 0 radical (unpaired) electrons. The molecule has 132 heavy (non-hydrogen) atoms. The number of carboxylic acid groups (broad SMARTS) is 2. The van der Waals surface area contributed by atoms with E-state index in [1.807, 2.05) is 127 Å². The van der Waals surface area contributed by atoms with Crippen molar-refractivity contribution in [1.29, 1.82) is 0 Å². The number of carbonyl (C=O) groups excluding carboxylic acids is 10. The second-order valence-corrected chi connectivity index (χ2v) is 38.2. The third kappa shape index (κ3) is 176. The van der Waals surface area contributed by atoms with Crippen LogP contribution in [0.4, 0.5) is 0 Å². The van der Waals surface area contributed by atoms with Crippen LogP contribution in [0.1, 0.15) is 38.5 Å². The molecule has 51 heteroatoms. The predicted molar refractivity (Wildman–Crippen MR) is 529 cm³/mol. The smallest absolute Gasteiger partial charge is 0.314 e. The fraction of sp³-hybridized carbons (Fsp3) is 0.642. The molecule has 0 saturated carbocycles. The molecule has 2 heterocycles. The summed E-state index contributed by atoms with van der Waals surface area (Å²) in [5, 5.41) is 32.4. The van der Waals surface area contributed by atoms with Gasteiger partial charge in [-0.3, -0.25) is 56.3 Å². The Balaban J connectivity index is -0.000000107. The van der Waals surface area contributed by atoms with Crippen LogP contribution in [0, 0.1) is 0 Å². The number of hydrogen-bond donors (Lipinski definition) is 10. The quantitative estimate of drug-likeness (QED) is 0.00619. The monoisotopic (exact) mass is 2100 g/mol. The van der Waals surface area contributed by atoms with E-state index in [4.69, 9.17) is 57.1 Å². The van der Waals surface area contributed by atoms with Gasteiger partial charge in [0.15, 0.2) is 0 Å². The summed E-state index contributed by atoms with van der Waals surface area (Å²) in [7, 11) is 20.8. The van der Waals surface area contributed by atoms with Crippen molar-refractivity contribution in [3.05, 3.63) is 114 Å². The number of amides is 6. The number of carboxylic acids is 2. The zero-order valence-electron chi connectivity index (χ0n) is 81.2. The first-order valence-electron chi connectivity index (χ1n) is 40.4. The molecular weight excluding hydrogens is 1940 g/mol. The molecule has 2 aliphatic rings. The topological polar surface area (TPSA) is 602 Å². The van der Waals surface area contributed by atoms with Gasteiger partial charge in [0.05, 0.1) is 146 Å². The number of nitrogens with two attached hydrogens (primary N) is 3. The van der Waals surface area contributed by atoms with Crippen molar-refractivity contribution >= 4 is 154 Å². The summed E-state index contributed by atoms with van der Waals surface area (Å²) in [5.41, 5.74) is 15.6. The summed E-state index contributed by atoms with van der Waals surface area (Å²) in [4.78, 5) is 124. The number of nitrogens with one attached hydrogen (secondary N) is 6. The molecule has 2 rings (SSSR count). The zero-order chi connectivity index (χ0) is 106. The van der Waals surface area contributed by atoms with E-state index < -0.39 is 68.1 Å². The molecule has 0 bridgehead atoms. The minimum atomic E-state index is -4.13. The Morgan fingerprint density at radius 1 is 0.394 bits per heavy atom. The highest BCUT2D eigenvalue weighted by molar-refractivity contribution is 9.09. The number of aliphatic carboxylic acids is 2. The Kier molecular flexibility index (Phi) is 116. The normalized spacial score (nSPS) is 12.1. The van der Waals surface area contributed by atoms with Gasteiger partial charge in [0.2, 0.25) is 51.2 Å². The Labute approximate surface area is 813 Å². The van der Waals surface area contributed by atoms with Gasteiger partial charge < -0.3 is 116 Å². The number of allylic oxidation sites excluding steroid dienone is 3. The number of nitrogens with zero attached hydrogens (tertiary/aromatic N) is 9. The van der Waals surface area contributed by atoms with Crippen molar-refractivity contribution in [2.45, 2.75) is 38.5 Å². The van der Waals surface area contributed by atoms with Crippen molar-refractivity contribution in [3.8, 4) is 0 Å². The van der Waals surface area contributed by atoms with E-state index in [1.165, 1.54) is 36.5 Å². The number of halogens is 4. The molecule has 0 unspecified atom stereocenters. The fourth-order valence-corrected chi connectivity index (χ4v) is 10.2. The van der Waals surface area contributed by atoms with E-state index in [0.717, 1.165) is 103 Å². The lowest BCUT2D eigenvalue weighted by Gasteiger charge is -2.30. The van der Waals surface area contributed by atoms with E-state index in [0.29, 0.717) is 107 Å². The molecule has 2 aliphatic heterocycles. The van der Waals surface area contributed by atoms with Crippen LogP contribution in [0.2, 0.25) is 0 Å². The van der Waals surface area contributed by atoms with Crippen LogP contribution in [0.5, 0.6) is 0 Å². The van der Waals surface area contributed by atoms with Crippen molar-refractivity contribution in [2.24, 2.45) is 17.2 Å². The number of unbranched alkanes of at least 4 members (excludes halogenated alkanes) is 1. The van der Waals surface area contributed by atoms with Crippen LogP contribution in [0.3, 0.4) is 0 Å². The first-order valence-corrected chi connectivity index (χ1v) is 49.0. The van der Waals surface area contributed by atoms with Gasteiger partial charge in [-0.25, -0.2) is 16.8 Å². The van der Waals surface area contributed by atoms with Gasteiger partial charge in [-0.1, -0.05) is 75.1 Å². The van der Waals surface area contributed by atoms with Gasteiger partial charge in [-0.15, -0.1) is 0 Å². The third-order valence-corrected chi connectivity index (χ3v) is 19.2. The van der Waals surface area contributed by atoms with E-state index in [2.05, 4.69) is 130 Å². The molecule has 0 aromatic heterocycles. The van der Waals surface area contributed by atoms with Crippen molar-refractivity contribution < 1.29 is 128 Å². The van der Waals surface area contributed by atoms with Crippen LogP contribution in [0.15, 0.2) is 114 Å². The van der Waals surface area contributed by atoms with Gasteiger partial charge in [0.25, 0.3) is 20.2 Å². The molecular formula is C81H162BrCl3N18O25S4. The minimum absolute atomic E-state index is 0.0347. The van der Waals surface area contributed by atoms with Crippen LogP contribution in [0.25, 0.3) is 0 Å². The number of carbonyl (C=O) groups is 11. The van der Waals surface area contributed by atoms with E-state index in [1.54, 1.807) is 14.1 Å². The second kappa shape index (κ2) is 99.9. The summed E-state index contributed by atoms with van der Waals surface area (Å²) in [5.74, 6) is -3.17. The van der Waals surface area contributed by atoms with Gasteiger partial charge in [0.1, 0.15) is 11.9 Å². The Morgan fingerprint density at radius 3 is 0.773 bits per heavy atom. The fourth-order valence-electron chi connectivity index (χ4n) is 7.11. The molecule has 6 amide bonds. The largest absolute Gasteiger partial charge is 0.748 e. The summed E-state index contributed by atoms with van der Waals surface area (Å²) >= 11 is 16.8. The Morgan fingerprint density at radius 2 is 0.614 bits per heavy atom. The lowest BCUT2D eigenvalue weighted by molar-refractivity contribution is -0.889. The lowest BCUT2D eigenvalue weighted by atomic mass is 10.3. The van der Waals surface area contributed by atoms with Gasteiger partial charge in [-0.05, 0) is 206 Å². The molecule has 0 spiro atoms. The average Bonchev–Trinajstić information content (AvgIpc) is 1.88. The predicted octanol–water partition coefficient (Wildman–Crippen LogP) is -1.68. The highest BCUT2D eigenvalue weighted by Gasteiger charge is 2.19. The van der Waals surface area contributed by atoms with Gasteiger partial charge in [0, 0.05) is 96.5 Å². The third-order valence-electron chi connectivity index (χ3n) is 14.0. The molecule has 0 aliphatic carbocycles. The summed E-state index contributed by atoms with van der Waals surface area (Å²) in [6.45, 7) is 44.5. The molecule has 778 valence electrons. The van der Waals surface area contributed by atoms with Crippen molar-refractivity contribution in [3.63, 3.8) is 0 Å². The molecule has 43 nitrogen and oxygen atoms in total. The number of rotatable bonds is 45. The molecule has 13 N–H and O–H groups in total. The van der Waals surface area contributed by atoms with E-state index in [-0.39, 0.29) is 74.8 Å². The zero-order valence-corrected chi connectivity index (χ0v) is 88.4. The molecule has 0 atom stereocenters. The average molecular weight is 2100 g/mol. The maximum Gasteiger partial charge on any atom is 0.314 e. The Bertz CT molecular complexity index is 3490. The number of hydrogen-bond acceptors (Lipinski definition) is 33. The number of quaternary nitrogens is 3. The van der Waals surface area contributed by atoms with E-state index in [9.17, 15) is 101 Å². The number of alkyl halides is 1. The molecule has 0 aromatic carbocycles. The highest BCUT2D eigenvalue weighted by atomic mass is 79.9. The van der Waals surface area contributed by atoms with Crippen LogP contribution >= 0.6 is 50.7 Å². The highest BCUT2D eigenvalue weighted by Crippen LogP contribution is 2.08. The molecule has 2 fully saturated rings. The Hall–Kier alpha value is -7.06. The summed E-state index contributed by atoms with van der Waals surface area (Å²) in [6, 6.07) is 0. The molecule has 2 saturated heterocycles. The van der Waals surface area contributed by atoms with Gasteiger partial charge in [-0.2, -0.15) is 16.8 Å². The first-order chi connectivity index (χ1) is 60.5.